The van der Waals surface area contributed by atoms with Crippen LogP contribution in [0, 0.1) is 0 Å². The van der Waals surface area contributed by atoms with Gasteiger partial charge in [-0.3, -0.25) is 4.68 Å². The van der Waals surface area contributed by atoms with Crippen molar-refractivity contribution in [2.75, 3.05) is 26.3 Å². The number of aromatic nitrogens is 4. The molecule has 0 radical (unpaired) electrons. The molecule has 2 saturated heterocycles. The van der Waals surface area contributed by atoms with Gasteiger partial charge in [-0.1, -0.05) is 12.1 Å². The second-order valence-corrected chi connectivity index (χ2v) is 9.78. The number of ether oxygens (including phenoxy) is 1. The average Bonchev–Trinajstić information content (AvgIpc) is 3.39. The van der Waals surface area contributed by atoms with Crippen LogP contribution >= 0.6 is 0 Å². The summed E-state index contributed by atoms with van der Waals surface area (Å²) in [6.45, 7) is 6.96. The fourth-order valence-electron chi connectivity index (χ4n) is 3.83. The van der Waals surface area contributed by atoms with Gasteiger partial charge in [0.2, 0.25) is 15.9 Å². The molecule has 4 rings (SSSR count). The maximum Gasteiger partial charge on any atom is 0.246 e. The van der Waals surface area contributed by atoms with Crippen LogP contribution in [0.3, 0.4) is 0 Å². The number of rotatable bonds is 5. The van der Waals surface area contributed by atoms with Gasteiger partial charge >= 0.3 is 0 Å². The Bertz CT molecular complexity index is 908. The predicted molar refractivity (Wildman–Crippen MR) is 100 cm³/mol. The largest absolute Gasteiger partial charge is 0.381 e. The van der Waals surface area contributed by atoms with Crippen molar-refractivity contribution in [3.05, 3.63) is 24.1 Å². The molecule has 0 atom stereocenters. The monoisotopic (exact) mass is 409 g/mol. The van der Waals surface area contributed by atoms with E-state index in [1.807, 2.05) is 6.92 Å². The lowest BCUT2D eigenvalue weighted by Crippen LogP contribution is -2.44. The summed E-state index contributed by atoms with van der Waals surface area (Å²) in [6, 6.07) is 0. The third-order valence-electron chi connectivity index (χ3n) is 5.95. The molecule has 2 fully saturated rings. The van der Waals surface area contributed by atoms with E-state index in [4.69, 9.17) is 9.26 Å². The Labute approximate surface area is 165 Å². The summed E-state index contributed by atoms with van der Waals surface area (Å²) < 4.78 is 39.9. The van der Waals surface area contributed by atoms with Crippen molar-refractivity contribution >= 4 is 10.0 Å². The van der Waals surface area contributed by atoms with Crippen LogP contribution in [-0.2, 0) is 26.7 Å². The first-order valence-electron chi connectivity index (χ1n) is 9.87. The molecule has 0 amide bonds. The molecule has 2 aromatic heterocycles. The maximum atomic E-state index is 12.9. The fraction of sp³-hybridized carbons (Fsp3) is 0.722. The van der Waals surface area contributed by atoms with Gasteiger partial charge in [-0.2, -0.15) is 14.4 Å². The molecule has 0 unspecified atom stereocenters. The molecule has 2 aromatic rings. The summed E-state index contributed by atoms with van der Waals surface area (Å²) in [7, 11) is -3.52. The van der Waals surface area contributed by atoms with Crippen molar-refractivity contribution in [3.63, 3.8) is 0 Å². The molecule has 0 aromatic carbocycles. The van der Waals surface area contributed by atoms with Crippen LogP contribution in [0.2, 0.25) is 0 Å². The lowest BCUT2D eigenvalue weighted by Gasteiger charge is -2.36. The number of hydrogen-bond donors (Lipinski definition) is 0. The van der Waals surface area contributed by atoms with Gasteiger partial charge in [-0.25, -0.2) is 8.42 Å². The third kappa shape index (κ3) is 3.60. The molecule has 28 heavy (non-hydrogen) atoms. The number of piperidine rings is 1. The van der Waals surface area contributed by atoms with E-state index in [0.717, 1.165) is 26.1 Å². The Hall–Kier alpha value is -1.78. The van der Waals surface area contributed by atoms with Crippen molar-refractivity contribution in [2.45, 2.75) is 62.3 Å². The Morgan fingerprint density at radius 1 is 1.25 bits per heavy atom. The minimum atomic E-state index is -3.52. The Balaban J connectivity index is 1.45. The highest BCUT2D eigenvalue weighted by molar-refractivity contribution is 7.89. The van der Waals surface area contributed by atoms with E-state index < -0.39 is 10.0 Å². The van der Waals surface area contributed by atoms with Crippen LogP contribution in [0.25, 0.3) is 0 Å². The number of nitrogens with zero attached hydrogens (tertiary/aromatic N) is 5. The molecule has 154 valence electrons. The molecule has 10 heteroatoms. The second kappa shape index (κ2) is 7.57. The van der Waals surface area contributed by atoms with Gasteiger partial charge in [0, 0.05) is 50.4 Å². The van der Waals surface area contributed by atoms with Gasteiger partial charge in [-0.05, 0) is 32.6 Å². The molecule has 0 aliphatic carbocycles. The van der Waals surface area contributed by atoms with Crippen LogP contribution in [0.15, 0.2) is 21.8 Å². The zero-order valence-electron chi connectivity index (χ0n) is 16.4. The quantitative estimate of drug-likeness (QED) is 0.743. The minimum Gasteiger partial charge on any atom is -0.381 e. The SMILES string of the molecule is CCn1cc(S(=O)(=O)N2CCC(C)(c3noc(C4CCOCC4)n3)CC2)cn1. The Morgan fingerprint density at radius 3 is 2.61 bits per heavy atom. The van der Waals surface area contributed by atoms with Gasteiger partial charge in [0.25, 0.3) is 0 Å². The van der Waals surface area contributed by atoms with E-state index >= 15 is 0 Å². The molecule has 0 saturated carbocycles. The molecule has 0 bridgehead atoms. The first kappa shape index (κ1) is 19.5. The highest BCUT2D eigenvalue weighted by Crippen LogP contribution is 2.36. The summed E-state index contributed by atoms with van der Waals surface area (Å²) >= 11 is 0. The summed E-state index contributed by atoms with van der Waals surface area (Å²) in [4.78, 5) is 4.92. The van der Waals surface area contributed by atoms with Gasteiger partial charge < -0.3 is 9.26 Å². The molecule has 2 aliphatic rings. The molecule has 0 N–H and O–H groups in total. The van der Waals surface area contributed by atoms with Crippen LogP contribution in [0.1, 0.15) is 57.2 Å². The van der Waals surface area contributed by atoms with E-state index in [1.165, 1.54) is 10.5 Å². The van der Waals surface area contributed by atoms with Gasteiger partial charge in [0.05, 0.1) is 6.20 Å². The van der Waals surface area contributed by atoms with Crippen LogP contribution in [0.5, 0.6) is 0 Å². The van der Waals surface area contributed by atoms with E-state index in [9.17, 15) is 8.42 Å². The fourth-order valence-corrected chi connectivity index (χ4v) is 5.23. The third-order valence-corrected chi connectivity index (χ3v) is 7.80. The Kier molecular flexibility index (Phi) is 5.28. The van der Waals surface area contributed by atoms with Crippen molar-refractivity contribution in [2.24, 2.45) is 0 Å². The Morgan fingerprint density at radius 2 is 1.96 bits per heavy atom. The van der Waals surface area contributed by atoms with Crippen LogP contribution in [0.4, 0.5) is 0 Å². The predicted octanol–water partition coefficient (Wildman–Crippen LogP) is 1.92. The number of sulfonamides is 1. The minimum absolute atomic E-state index is 0.249. The topological polar surface area (TPSA) is 103 Å². The van der Waals surface area contributed by atoms with Crippen molar-refractivity contribution in [1.82, 2.24) is 24.2 Å². The van der Waals surface area contributed by atoms with E-state index in [2.05, 4.69) is 22.2 Å². The second-order valence-electron chi connectivity index (χ2n) is 7.84. The number of aryl methyl sites for hydroxylation is 1. The standard InChI is InChI=1S/C18H27N5O4S/c1-3-22-13-15(12-19-22)28(24,25)23-8-6-18(2,7-9-23)17-20-16(27-21-17)14-4-10-26-11-5-14/h12-14H,3-11H2,1-2H3. The average molecular weight is 410 g/mol. The summed E-state index contributed by atoms with van der Waals surface area (Å²) in [5.74, 6) is 1.63. The van der Waals surface area contributed by atoms with Gasteiger partial charge in [0.1, 0.15) is 4.90 Å². The highest BCUT2D eigenvalue weighted by atomic mass is 32.2. The van der Waals surface area contributed by atoms with Crippen molar-refractivity contribution in [1.29, 1.82) is 0 Å². The smallest absolute Gasteiger partial charge is 0.246 e. The van der Waals surface area contributed by atoms with E-state index in [1.54, 1.807) is 10.9 Å². The van der Waals surface area contributed by atoms with Crippen molar-refractivity contribution < 1.29 is 17.7 Å². The zero-order valence-corrected chi connectivity index (χ0v) is 17.2. The number of hydrogen-bond acceptors (Lipinski definition) is 7. The molecule has 2 aliphatic heterocycles. The highest BCUT2D eigenvalue weighted by Gasteiger charge is 2.40. The lowest BCUT2D eigenvalue weighted by molar-refractivity contribution is 0.0778. The first-order chi connectivity index (χ1) is 13.4. The molecule has 0 spiro atoms. The molecular formula is C18H27N5O4S. The normalized spacial score (nSPS) is 21.8. The molecule has 9 nitrogen and oxygen atoms in total. The van der Waals surface area contributed by atoms with Crippen molar-refractivity contribution in [3.8, 4) is 0 Å². The molecule has 4 heterocycles. The van der Waals surface area contributed by atoms with Gasteiger partial charge in [0.15, 0.2) is 5.82 Å². The zero-order chi connectivity index (χ0) is 19.8. The summed E-state index contributed by atoms with van der Waals surface area (Å²) in [5, 5.41) is 8.33. The lowest BCUT2D eigenvalue weighted by atomic mass is 9.80. The molecular weight excluding hydrogens is 382 g/mol. The maximum absolute atomic E-state index is 12.9. The van der Waals surface area contributed by atoms with Crippen LogP contribution in [-0.4, -0.2) is 58.9 Å². The summed E-state index contributed by atoms with van der Waals surface area (Å²) in [6.07, 6.45) is 6.11. The first-order valence-corrected chi connectivity index (χ1v) is 11.3. The van der Waals surface area contributed by atoms with Crippen LogP contribution < -0.4 is 0 Å². The van der Waals surface area contributed by atoms with E-state index in [-0.39, 0.29) is 16.2 Å². The van der Waals surface area contributed by atoms with Gasteiger partial charge in [-0.15, -0.1) is 0 Å². The van der Waals surface area contributed by atoms with E-state index in [0.29, 0.717) is 44.2 Å². The summed E-state index contributed by atoms with van der Waals surface area (Å²) in [5.41, 5.74) is -0.285.